The molecule has 0 amide bonds. The van der Waals surface area contributed by atoms with Gasteiger partial charge in [0.25, 0.3) is 0 Å². The number of ether oxygens (including phenoxy) is 2. The summed E-state index contributed by atoms with van der Waals surface area (Å²) in [4.78, 5) is 59.4. The van der Waals surface area contributed by atoms with Gasteiger partial charge in [-0.25, -0.2) is 13.2 Å². The van der Waals surface area contributed by atoms with Crippen LogP contribution < -0.4 is 251 Å². The van der Waals surface area contributed by atoms with Crippen LogP contribution in [0.2, 0.25) is 0 Å². The summed E-state index contributed by atoms with van der Waals surface area (Å²) in [5.41, 5.74) is -1.40. The van der Waals surface area contributed by atoms with Crippen LogP contribution in [0.15, 0.2) is 69.9 Å². The standard InChI is InChI=1S/C35H27F3N2O13.4K/c36-18-2-4-24(40(15-33(47)48)16-34(49)50)30(8-18)52-6-5-51-29-7-17(1-3-23(29)39(13-31(43)44)14-32(45)46)35-19-9-21(37)25(41)11-27(19)53-28-12-26(42)22(38)10-20(28)35;;;;/h1-4,7-12,41H,5-6,13-16H2,(H,43,44)(H,45,46)(H,47,48)(H,49,50);;;;/q;4*+1/p-4. The molecule has 3 aromatic rings. The topological polar surface area (TPSA) is 236 Å². The van der Waals surface area contributed by atoms with Gasteiger partial charge < -0.3 is 68.4 Å². The molecular weight excluding hydrogens is 870 g/mol. The molecule has 57 heavy (non-hydrogen) atoms. The number of aliphatic carboxylic acids is 4. The first-order valence-corrected chi connectivity index (χ1v) is 15.2. The molecule has 0 saturated heterocycles. The van der Waals surface area contributed by atoms with Crippen LogP contribution in [0.3, 0.4) is 0 Å². The number of rotatable bonds is 16. The van der Waals surface area contributed by atoms with E-state index in [2.05, 4.69) is 0 Å². The van der Waals surface area contributed by atoms with Gasteiger partial charge in [0, 0.05) is 34.7 Å². The third kappa shape index (κ3) is 14.6. The van der Waals surface area contributed by atoms with Gasteiger partial charge >= 0.3 is 206 Å². The Labute approximate surface area is 490 Å². The maximum Gasteiger partial charge on any atom is 1.00 e. The van der Waals surface area contributed by atoms with Crippen molar-refractivity contribution in [2.45, 2.75) is 0 Å². The molecule has 0 radical (unpaired) electrons. The van der Waals surface area contributed by atoms with E-state index in [1.165, 1.54) is 18.2 Å². The first-order chi connectivity index (χ1) is 25.1. The van der Waals surface area contributed by atoms with Gasteiger partial charge in [-0.2, -0.15) is 0 Å². The van der Waals surface area contributed by atoms with Crippen molar-refractivity contribution >= 4 is 46.2 Å². The minimum absolute atomic E-state index is 0. The number of carboxylic acid groups (broad SMARTS) is 4. The van der Waals surface area contributed by atoms with Crippen molar-refractivity contribution in [2.24, 2.45) is 0 Å². The quantitative estimate of drug-likeness (QED) is 0.0550. The Kier molecular flexibility index (Phi) is 23.8. The van der Waals surface area contributed by atoms with Crippen LogP contribution in [0, 0.1) is 17.5 Å². The van der Waals surface area contributed by atoms with E-state index in [1.54, 1.807) is 0 Å². The Balaban J connectivity index is 0.00000406. The van der Waals surface area contributed by atoms with Gasteiger partial charge in [-0.1, -0.05) is 6.07 Å². The monoisotopic (exact) mass is 892 g/mol. The molecule has 22 heteroatoms. The smallest absolute Gasteiger partial charge is 0.548 e. The van der Waals surface area contributed by atoms with Crippen molar-refractivity contribution in [3.8, 4) is 39.7 Å². The van der Waals surface area contributed by atoms with Gasteiger partial charge in [-0.05, 0) is 42.0 Å². The van der Waals surface area contributed by atoms with Crippen LogP contribution in [0.25, 0.3) is 33.4 Å². The predicted octanol–water partition coefficient (Wildman–Crippen LogP) is -13.2. The Morgan fingerprint density at radius 1 is 0.649 bits per heavy atom. The fraction of sp³-hybridized carbons (Fsp3) is 0.171. The molecule has 0 atom stereocenters. The van der Waals surface area contributed by atoms with E-state index in [0.717, 1.165) is 52.3 Å². The van der Waals surface area contributed by atoms with Gasteiger partial charge in [0.2, 0.25) is 5.43 Å². The third-order valence-corrected chi connectivity index (χ3v) is 7.57. The molecule has 0 spiro atoms. The van der Waals surface area contributed by atoms with Crippen LogP contribution in [0.4, 0.5) is 24.5 Å². The number of carbonyl (C=O) groups excluding carboxylic acids is 4. The number of nitrogens with zero attached hydrogens (tertiary/aromatic N) is 2. The minimum Gasteiger partial charge on any atom is -0.548 e. The van der Waals surface area contributed by atoms with Crippen molar-refractivity contribution in [3.63, 3.8) is 0 Å². The molecule has 1 N–H and O–H groups in total. The second kappa shape index (κ2) is 24.9. The average Bonchev–Trinajstić information content (AvgIpc) is 3.06. The summed E-state index contributed by atoms with van der Waals surface area (Å²) in [6.45, 7) is -4.76. The van der Waals surface area contributed by atoms with Gasteiger partial charge in [0.05, 0.1) is 61.4 Å². The number of carboxylic acids is 4. The van der Waals surface area contributed by atoms with E-state index < -0.39 is 91.9 Å². The van der Waals surface area contributed by atoms with Crippen LogP contribution in [-0.2, 0) is 19.2 Å². The van der Waals surface area contributed by atoms with Crippen LogP contribution in [0.5, 0.6) is 17.2 Å². The average molecular weight is 893 g/mol. The van der Waals surface area contributed by atoms with Crippen LogP contribution in [0.1, 0.15) is 0 Å². The molecule has 1 aliphatic carbocycles. The number of hydrogen-bond acceptors (Lipinski definition) is 15. The van der Waals surface area contributed by atoms with Gasteiger partial charge in [0.15, 0.2) is 17.4 Å². The Hall–Kier alpha value is -0.435. The predicted molar refractivity (Wildman–Crippen MR) is 168 cm³/mol. The number of benzene rings is 4. The number of anilines is 2. The number of phenolic OH excluding ortho intramolecular Hbond substituents is 1. The Morgan fingerprint density at radius 3 is 1.65 bits per heavy atom. The number of hydrogen-bond donors (Lipinski definition) is 1. The van der Waals surface area contributed by atoms with E-state index in [4.69, 9.17) is 13.9 Å². The molecule has 1 aliphatic heterocycles. The number of carbonyl (C=O) groups is 4. The number of halogens is 3. The molecule has 0 bridgehead atoms. The molecule has 2 aliphatic rings. The Morgan fingerprint density at radius 2 is 1.14 bits per heavy atom. The van der Waals surface area contributed by atoms with E-state index in [0.29, 0.717) is 0 Å². The zero-order valence-electron chi connectivity index (χ0n) is 30.9. The normalized spacial score (nSPS) is 10.2. The summed E-state index contributed by atoms with van der Waals surface area (Å²) in [5.74, 6) is -11.4. The number of fused-ring (bicyclic) bond motifs is 2. The molecule has 0 aromatic heterocycles. The summed E-state index contributed by atoms with van der Waals surface area (Å²) < 4.78 is 60.6. The molecule has 1 heterocycles. The second-order valence-electron chi connectivity index (χ2n) is 11.2. The largest absolute Gasteiger partial charge is 1.00 e. The Bertz CT molecular complexity index is 2270. The van der Waals surface area contributed by atoms with E-state index in [9.17, 15) is 62.7 Å². The van der Waals surface area contributed by atoms with Crippen molar-refractivity contribution in [3.05, 3.63) is 88.3 Å². The first-order valence-electron chi connectivity index (χ1n) is 15.2. The first kappa shape index (κ1) is 54.6. The number of aromatic hydroxyl groups is 1. The summed E-state index contributed by atoms with van der Waals surface area (Å²) in [7, 11) is 0. The van der Waals surface area contributed by atoms with Crippen molar-refractivity contribution < 1.29 is 277 Å². The SMILES string of the molecule is O=C([O-])CN(CC(=O)[O-])c1ccc(F)cc1OCCOc1cc(-c2c3cc(F)c(=O)cc-3oc3cc(O)c(F)cc23)ccc1N(CC(=O)[O-])CC(=O)[O-].[K+].[K+].[K+].[K+]. The zero-order valence-corrected chi connectivity index (χ0v) is 43.4. The molecule has 0 unspecified atom stereocenters. The van der Waals surface area contributed by atoms with Crippen molar-refractivity contribution in [1.29, 1.82) is 0 Å². The fourth-order valence-electron chi connectivity index (χ4n) is 5.50. The van der Waals surface area contributed by atoms with E-state index in [1.807, 2.05) is 0 Å². The molecule has 0 fully saturated rings. The summed E-state index contributed by atoms with van der Waals surface area (Å²) in [5, 5.41) is 55.6. The number of phenols is 1. The zero-order chi connectivity index (χ0) is 38.6. The van der Waals surface area contributed by atoms with Gasteiger partial charge in [-0.3, -0.25) is 4.79 Å². The molecule has 0 saturated carbocycles. The van der Waals surface area contributed by atoms with E-state index in [-0.39, 0.29) is 262 Å². The minimum atomic E-state index is -1.69. The van der Waals surface area contributed by atoms with Crippen molar-refractivity contribution in [1.82, 2.24) is 0 Å². The summed E-state index contributed by atoms with van der Waals surface area (Å²) in [6, 6.07) is 10.1. The molecule has 276 valence electrons. The summed E-state index contributed by atoms with van der Waals surface area (Å²) in [6.07, 6.45) is 0. The maximum atomic E-state index is 14.7. The van der Waals surface area contributed by atoms with E-state index >= 15 is 0 Å². The van der Waals surface area contributed by atoms with Gasteiger partial charge in [-0.15, -0.1) is 0 Å². The van der Waals surface area contributed by atoms with Crippen LogP contribution in [-0.4, -0.2) is 68.4 Å². The molecule has 15 nitrogen and oxygen atoms in total. The molecular formula is C35H23F3K4N2O13. The third-order valence-electron chi connectivity index (χ3n) is 7.57. The molecule has 5 rings (SSSR count). The second-order valence-corrected chi connectivity index (χ2v) is 11.2. The van der Waals surface area contributed by atoms with Crippen molar-refractivity contribution in [2.75, 3.05) is 49.2 Å². The summed E-state index contributed by atoms with van der Waals surface area (Å²) >= 11 is 0. The molecule has 3 aromatic carbocycles. The maximum absolute atomic E-state index is 14.7. The fourth-order valence-corrected chi connectivity index (χ4v) is 5.50. The van der Waals surface area contributed by atoms with Crippen LogP contribution >= 0.6 is 0 Å². The van der Waals surface area contributed by atoms with Gasteiger partial charge in [0.1, 0.15) is 41.9 Å².